The Labute approximate surface area is 143 Å². The first-order valence-electron chi connectivity index (χ1n) is 6.55. The molecule has 0 radical (unpaired) electrons. The molecule has 2 aromatic rings. The van der Waals surface area contributed by atoms with Crippen LogP contribution >= 0.6 is 23.2 Å². The van der Waals surface area contributed by atoms with Crippen molar-refractivity contribution in [3.05, 3.63) is 46.3 Å². The Bertz CT molecular complexity index is 771. The Balaban J connectivity index is 2.41. The fourth-order valence-electron chi connectivity index (χ4n) is 2.05. The number of nitrogens with zero attached hydrogens (tertiary/aromatic N) is 3. The second kappa shape index (κ2) is 6.93. The van der Waals surface area contributed by atoms with Crippen LogP contribution in [0.4, 0.5) is 5.82 Å². The molecular formula is C15H15Cl2N3O3. The molecule has 0 spiro atoms. The summed E-state index contributed by atoms with van der Waals surface area (Å²) >= 11 is 12.0. The van der Waals surface area contributed by atoms with Crippen LogP contribution in [-0.2, 0) is 16.6 Å². The van der Waals surface area contributed by atoms with Crippen LogP contribution in [0.25, 0.3) is 11.3 Å². The molecule has 1 aromatic carbocycles. The summed E-state index contributed by atoms with van der Waals surface area (Å²) in [7, 11) is 4.59. The van der Waals surface area contributed by atoms with Crippen molar-refractivity contribution in [2.45, 2.75) is 0 Å². The van der Waals surface area contributed by atoms with Gasteiger partial charge >= 0.3 is 5.97 Å². The second-order valence-electron chi connectivity index (χ2n) is 4.71. The number of anilines is 1. The molecule has 0 aliphatic carbocycles. The third kappa shape index (κ3) is 3.43. The molecule has 0 fully saturated rings. The zero-order chi connectivity index (χ0) is 17.1. The lowest BCUT2D eigenvalue weighted by Gasteiger charge is -2.16. The number of aryl methyl sites for hydroxylation is 1. The third-order valence-electron chi connectivity index (χ3n) is 3.30. The highest BCUT2D eigenvalue weighted by Gasteiger charge is 2.20. The zero-order valence-electron chi connectivity index (χ0n) is 12.7. The molecule has 6 nitrogen and oxygen atoms in total. The number of carbonyl (C=O) groups excluding carboxylic acids is 1. The number of benzene rings is 1. The van der Waals surface area contributed by atoms with E-state index in [0.29, 0.717) is 22.1 Å². The van der Waals surface area contributed by atoms with E-state index in [9.17, 15) is 9.90 Å². The highest BCUT2D eigenvalue weighted by molar-refractivity contribution is 6.42. The topological polar surface area (TPSA) is 67.6 Å². The fourth-order valence-corrected chi connectivity index (χ4v) is 2.34. The number of aliphatic hydroxyl groups excluding tert-OH is 1. The number of aliphatic hydroxyl groups is 1. The van der Waals surface area contributed by atoms with Gasteiger partial charge in [-0.25, -0.2) is 4.79 Å². The molecular weight excluding hydrogens is 341 g/mol. The summed E-state index contributed by atoms with van der Waals surface area (Å²) in [4.78, 5) is 13.1. The summed E-state index contributed by atoms with van der Waals surface area (Å²) in [6.07, 6.45) is 0.680. The normalized spacial score (nSPS) is 11.4. The maximum atomic E-state index is 11.6. The second-order valence-corrected chi connectivity index (χ2v) is 5.52. The summed E-state index contributed by atoms with van der Waals surface area (Å²) < 4.78 is 6.26. The maximum absolute atomic E-state index is 11.6. The first-order chi connectivity index (χ1) is 10.9. The van der Waals surface area contributed by atoms with E-state index < -0.39 is 5.97 Å². The Morgan fingerprint density at radius 3 is 2.61 bits per heavy atom. The Morgan fingerprint density at radius 2 is 2.04 bits per heavy atom. The van der Waals surface area contributed by atoms with Crippen LogP contribution in [0.15, 0.2) is 36.2 Å². The van der Waals surface area contributed by atoms with E-state index in [4.69, 9.17) is 23.2 Å². The molecule has 2 rings (SSSR count). The smallest absolute Gasteiger partial charge is 0.357 e. The summed E-state index contributed by atoms with van der Waals surface area (Å²) in [5.74, 6) is -0.212. The van der Waals surface area contributed by atoms with Crippen molar-refractivity contribution in [3.63, 3.8) is 0 Å². The van der Waals surface area contributed by atoms with Crippen molar-refractivity contribution in [2.75, 3.05) is 19.1 Å². The van der Waals surface area contributed by atoms with Gasteiger partial charge < -0.3 is 14.7 Å². The van der Waals surface area contributed by atoms with Crippen LogP contribution in [0.5, 0.6) is 0 Å². The molecule has 0 saturated carbocycles. The number of hydrogen-bond acceptors (Lipinski definition) is 5. The molecule has 0 bridgehead atoms. The minimum Gasteiger partial charge on any atom is -0.513 e. The van der Waals surface area contributed by atoms with Gasteiger partial charge in [0.25, 0.3) is 0 Å². The molecule has 0 aliphatic heterocycles. The van der Waals surface area contributed by atoms with Gasteiger partial charge in [0.1, 0.15) is 6.26 Å². The fraction of sp³-hybridized carbons (Fsp3) is 0.200. The van der Waals surface area contributed by atoms with Gasteiger partial charge in [-0.2, -0.15) is 5.10 Å². The lowest BCUT2D eigenvalue weighted by molar-refractivity contribution is -0.136. The average molecular weight is 356 g/mol. The number of ether oxygens (including phenoxy) is 1. The summed E-state index contributed by atoms with van der Waals surface area (Å²) in [5.41, 5.74) is 1.56. The minimum absolute atomic E-state index is 0.0358. The van der Waals surface area contributed by atoms with Crippen LogP contribution in [0.1, 0.15) is 0 Å². The van der Waals surface area contributed by atoms with Gasteiger partial charge in [0, 0.05) is 25.7 Å². The number of rotatable bonds is 4. The monoisotopic (exact) mass is 355 g/mol. The number of carbonyl (C=O) groups is 1. The Kier molecular flexibility index (Phi) is 5.18. The van der Waals surface area contributed by atoms with Crippen LogP contribution in [0, 0.1) is 0 Å². The first kappa shape index (κ1) is 17.2. The molecule has 0 amide bonds. The lowest BCUT2D eigenvalue weighted by atomic mass is 10.1. The number of halogens is 2. The summed E-state index contributed by atoms with van der Waals surface area (Å²) in [6.45, 7) is 0. The van der Waals surface area contributed by atoms with Crippen molar-refractivity contribution in [2.24, 2.45) is 7.05 Å². The van der Waals surface area contributed by atoms with Gasteiger partial charge in [-0.3, -0.25) is 4.68 Å². The number of esters is 1. The standard InChI is InChI=1S/C15H15Cl2N3O3/c1-19(13(8-21)15(22)23-3)14-7-12(20(2)18-14)9-4-5-10(16)11(17)6-9/h4-8,21H,1-3H3/b13-8+. The van der Waals surface area contributed by atoms with E-state index in [2.05, 4.69) is 9.84 Å². The zero-order valence-corrected chi connectivity index (χ0v) is 14.3. The molecule has 0 atom stereocenters. The molecule has 1 heterocycles. The number of likely N-dealkylation sites (N-methyl/N-ethyl adjacent to an activating group) is 1. The highest BCUT2D eigenvalue weighted by Crippen LogP contribution is 2.30. The number of hydrogen-bond donors (Lipinski definition) is 1. The van der Waals surface area contributed by atoms with Crippen LogP contribution in [-0.4, -0.2) is 35.0 Å². The van der Waals surface area contributed by atoms with Crippen molar-refractivity contribution in [1.29, 1.82) is 0 Å². The maximum Gasteiger partial charge on any atom is 0.357 e. The quantitative estimate of drug-likeness (QED) is 0.517. The molecule has 1 N–H and O–H groups in total. The van der Waals surface area contributed by atoms with Gasteiger partial charge in [-0.05, 0) is 12.1 Å². The summed E-state index contributed by atoms with van der Waals surface area (Å²) in [6, 6.07) is 7.00. The average Bonchev–Trinajstić information content (AvgIpc) is 2.92. The van der Waals surface area contributed by atoms with Gasteiger partial charge in [-0.15, -0.1) is 0 Å². The van der Waals surface area contributed by atoms with E-state index in [1.165, 1.54) is 12.0 Å². The van der Waals surface area contributed by atoms with Crippen molar-refractivity contribution >= 4 is 35.0 Å². The number of methoxy groups -OCH3 is 1. The Hall–Kier alpha value is -2.18. The minimum atomic E-state index is -0.670. The van der Waals surface area contributed by atoms with Crippen LogP contribution in [0.3, 0.4) is 0 Å². The van der Waals surface area contributed by atoms with E-state index >= 15 is 0 Å². The summed E-state index contributed by atoms with van der Waals surface area (Å²) in [5, 5.41) is 14.5. The van der Waals surface area contributed by atoms with Gasteiger partial charge in [0.15, 0.2) is 11.5 Å². The van der Waals surface area contributed by atoms with Crippen molar-refractivity contribution < 1.29 is 14.6 Å². The Morgan fingerprint density at radius 1 is 1.35 bits per heavy atom. The van der Waals surface area contributed by atoms with Crippen molar-refractivity contribution in [1.82, 2.24) is 9.78 Å². The molecule has 1 aromatic heterocycles. The van der Waals surface area contributed by atoms with Gasteiger partial charge in [-0.1, -0.05) is 29.3 Å². The SMILES string of the molecule is COC(=O)/C(=C\O)N(C)c1cc(-c2ccc(Cl)c(Cl)c2)n(C)n1. The molecule has 122 valence electrons. The van der Waals surface area contributed by atoms with Gasteiger partial charge in [0.2, 0.25) is 0 Å². The molecule has 23 heavy (non-hydrogen) atoms. The predicted molar refractivity (Wildman–Crippen MR) is 89.8 cm³/mol. The van der Waals surface area contributed by atoms with Crippen molar-refractivity contribution in [3.8, 4) is 11.3 Å². The van der Waals surface area contributed by atoms with E-state index in [-0.39, 0.29) is 5.70 Å². The third-order valence-corrected chi connectivity index (χ3v) is 4.04. The van der Waals surface area contributed by atoms with Crippen LogP contribution in [0.2, 0.25) is 10.0 Å². The predicted octanol–water partition coefficient (Wildman–Crippen LogP) is 3.40. The first-order valence-corrected chi connectivity index (χ1v) is 7.30. The highest BCUT2D eigenvalue weighted by atomic mass is 35.5. The van der Waals surface area contributed by atoms with E-state index in [1.54, 1.807) is 37.0 Å². The largest absolute Gasteiger partial charge is 0.513 e. The molecule has 0 unspecified atom stereocenters. The van der Waals surface area contributed by atoms with Crippen LogP contribution < -0.4 is 4.90 Å². The van der Waals surface area contributed by atoms with E-state index in [1.807, 2.05) is 6.07 Å². The number of aromatic nitrogens is 2. The molecule has 8 heteroatoms. The van der Waals surface area contributed by atoms with Gasteiger partial charge in [0.05, 0.1) is 22.8 Å². The van der Waals surface area contributed by atoms with E-state index in [0.717, 1.165) is 11.3 Å². The molecule has 0 saturated heterocycles. The lowest BCUT2D eigenvalue weighted by Crippen LogP contribution is -2.24. The molecule has 0 aliphatic rings.